The summed E-state index contributed by atoms with van der Waals surface area (Å²) in [5.74, 6) is 0.440. The van der Waals surface area contributed by atoms with Crippen LogP contribution in [0.5, 0.6) is 0 Å². The van der Waals surface area contributed by atoms with Gasteiger partial charge >= 0.3 is 0 Å². The highest BCUT2D eigenvalue weighted by atomic mass is 35.5. The van der Waals surface area contributed by atoms with Gasteiger partial charge in [-0.3, -0.25) is 0 Å². The Bertz CT molecular complexity index is 254. The van der Waals surface area contributed by atoms with Crippen molar-refractivity contribution in [3.05, 3.63) is 35.6 Å². The smallest absolute Gasteiger partial charge is 0.123 e. The van der Waals surface area contributed by atoms with E-state index in [1.165, 1.54) is 24.1 Å². The van der Waals surface area contributed by atoms with E-state index in [4.69, 9.17) is 0 Å². The van der Waals surface area contributed by atoms with Crippen LogP contribution in [0, 0.1) is 5.82 Å². The summed E-state index contributed by atoms with van der Waals surface area (Å²) < 4.78 is 12.6. The first-order valence-electron chi connectivity index (χ1n) is 4.32. The molecule has 1 N–H and O–H groups in total. The Kier molecular flexibility index (Phi) is 3.70. The Morgan fingerprint density at radius 3 is 2.46 bits per heavy atom. The fourth-order valence-electron chi connectivity index (χ4n) is 1.67. The lowest BCUT2D eigenvalue weighted by Crippen LogP contribution is -2.07. The second-order valence-electron chi connectivity index (χ2n) is 3.24. The number of nitrogens with one attached hydrogen (secondary N) is 1. The number of halogens is 2. The zero-order valence-electron chi connectivity index (χ0n) is 7.29. The molecule has 0 aromatic heterocycles. The number of rotatable bonds is 1. The first-order valence-corrected chi connectivity index (χ1v) is 4.32. The first kappa shape index (κ1) is 10.5. The predicted molar refractivity (Wildman–Crippen MR) is 53.9 cm³/mol. The van der Waals surface area contributed by atoms with Crippen LogP contribution in [-0.2, 0) is 0 Å². The van der Waals surface area contributed by atoms with Crippen molar-refractivity contribution in [2.24, 2.45) is 0 Å². The Labute approximate surface area is 83.8 Å². The van der Waals surface area contributed by atoms with Crippen LogP contribution >= 0.6 is 12.4 Å². The maximum atomic E-state index is 12.6. The Morgan fingerprint density at radius 1 is 1.23 bits per heavy atom. The monoisotopic (exact) mass is 201 g/mol. The second-order valence-corrected chi connectivity index (χ2v) is 3.24. The van der Waals surface area contributed by atoms with E-state index in [1.54, 1.807) is 0 Å². The molecule has 0 spiro atoms. The summed E-state index contributed by atoms with van der Waals surface area (Å²) in [4.78, 5) is 0. The number of benzene rings is 1. The highest BCUT2D eigenvalue weighted by Gasteiger charge is 2.15. The zero-order chi connectivity index (χ0) is 8.39. The van der Waals surface area contributed by atoms with Gasteiger partial charge in [0.25, 0.3) is 0 Å². The van der Waals surface area contributed by atoms with E-state index < -0.39 is 0 Å². The maximum Gasteiger partial charge on any atom is 0.123 e. The molecule has 0 radical (unpaired) electrons. The normalized spacial score (nSPS) is 21.2. The zero-order valence-corrected chi connectivity index (χ0v) is 8.11. The van der Waals surface area contributed by atoms with Crippen LogP contribution in [0.1, 0.15) is 17.9 Å². The van der Waals surface area contributed by atoms with Gasteiger partial charge in [-0.05, 0) is 36.6 Å². The van der Waals surface area contributed by atoms with Crippen LogP contribution in [0.4, 0.5) is 4.39 Å². The largest absolute Gasteiger partial charge is 0.316 e. The average Bonchev–Trinajstić information content (AvgIpc) is 2.58. The Morgan fingerprint density at radius 2 is 1.92 bits per heavy atom. The molecule has 2 rings (SSSR count). The summed E-state index contributed by atoms with van der Waals surface area (Å²) in [5.41, 5.74) is 1.25. The molecular formula is C10H13ClFN. The van der Waals surface area contributed by atoms with Gasteiger partial charge in [-0.2, -0.15) is 0 Å². The molecule has 1 nitrogen and oxygen atoms in total. The maximum absolute atomic E-state index is 12.6. The molecule has 13 heavy (non-hydrogen) atoms. The molecule has 1 aliphatic rings. The van der Waals surface area contributed by atoms with Gasteiger partial charge in [0, 0.05) is 6.54 Å². The summed E-state index contributed by atoms with van der Waals surface area (Å²) in [6.45, 7) is 2.12. The van der Waals surface area contributed by atoms with Crippen LogP contribution < -0.4 is 5.32 Å². The highest BCUT2D eigenvalue weighted by Crippen LogP contribution is 2.21. The molecule has 1 aromatic rings. The molecule has 0 aliphatic carbocycles. The molecule has 1 saturated heterocycles. The Balaban J connectivity index is 0.000000845. The molecular weight excluding hydrogens is 189 g/mol. The summed E-state index contributed by atoms with van der Waals surface area (Å²) in [5, 5.41) is 3.29. The lowest BCUT2D eigenvalue weighted by Gasteiger charge is -2.07. The summed E-state index contributed by atoms with van der Waals surface area (Å²) >= 11 is 0. The first-order chi connectivity index (χ1) is 5.86. The molecule has 0 amide bonds. The average molecular weight is 202 g/mol. The molecule has 1 heterocycles. The van der Waals surface area contributed by atoms with E-state index in [-0.39, 0.29) is 18.2 Å². The van der Waals surface area contributed by atoms with Gasteiger partial charge < -0.3 is 5.32 Å². The third-order valence-corrected chi connectivity index (χ3v) is 2.40. The third kappa shape index (κ3) is 2.42. The number of hydrogen-bond donors (Lipinski definition) is 1. The van der Waals surface area contributed by atoms with Gasteiger partial charge in [0.05, 0.1) is 0 Å². The molecule has 1 atom stereocenters. The van der Waals surface area contributed by atoms with Crippen molar-refractivity contribution in [3.8, 4) is 0 Å². The topological polar surface area (TPSA) is 12.0 Å². The van der Waals surface area contributed by atoms with Gasteiger partial charge in [-0.15, -0.1) is 12.4 Å². The van der Waals surface area contributed by atoms with Gasteiger partial charge in [-0.25, -0.2) is 4.39 Å². The van der Waals surface area contributed by atoms with Gasteiger partial charge in [0.1, 0.15) is 5.82 Å². The van der Waals surface area contributed by atoms with Crippen LogP contribution in [-0.4, -0.2) is 13.1 Å². The molecule has 0 saturated carbocycles. The molecule has 3 heteroatoms. The minimum atomic E-state index is -0.148. The fraction of sp³-hybridized carbons (Fsp3) is 0.400. The molecule has 1 fully saturated rings. The standard InChI is InChI=1S/C10H12FN.ClH/c11-10-3-1-8(2-4-10)9-5-6-12-7-9;/h1-4,9,12H,5-7H2;1H. The summed E-state index contributed by atoms with van der Waals surface area (Å²) in [6, 6.07) is 6.83. The predicted octanol–water partition coefficient (Wildman–Crippen LogP) is 2.32. The summed E-state index contributed by atoms with van der Waals surface area (Å²) in [6.07, 6.45) is 1.17. The quantitative estimate of drug-likeness (QED) is 0.736. The van der Waals surface area contributed by atoms with E-state index in [2.05, 4.69) is 5.32 Å². The lowest BCUT2D eigenvalue weighted by atomic mass is 9.99. The number of hydrogen-bond acceptors (Lipinski definition) is 1. The Hall–Kier alpha value is -0.600. The summed E-state index contributed by atoms with van der Waals surface area (Å²) in [7, 11) is 0. The fourth-order valence-corrected chi connectivity index (χ4v) is 1.67. The minimum absolute atomic E-state index is 0. The van der Waals surface area contributed by atoms with Gasteiger partial charge in [-0.1, -0.05) is 12.1 Å². The van der Waals surface area contributed by atoms with Crippen molar-refractivity contribution in [2.75, 3.05) is 13.1 Å². The van der Waals surface area contributed by atoms with Crippen LogP contribution in [0.25, 0.3) is 0 Å². The van der Waals surface area contributed by atoms with Crippen molar-refractivity contribution < 1.29 is 4.39 Å². The molecule has 1 aliphatic heterocycles. The van der Waals surface area contributed by atoms with E-state index in [0.717, 1.165) is 13.1 Å². The second kappa shape index (κ2) is 4.58. The van der Waals surface area contributed by atoms with E-state index in [1.807, 2.05) is 12.1 Å². The van der Waals surface area contributed by atoms with Crippen molar-refractivity contribution in [1.29, 1.82) is 0 Å². The van der Waals surface area contributed by atoms with E-state index >= 15 is 0 Å². The third-order valence-electron chi connectivity index (χ3n) is 2.40. The van der Waals surface area contributed by atoms with Crippen molar-refractivity contribution >= 4 is 12.4 Å². The van der Waals surface area contributed by atoms with Gasteiger partial charge in [0.2, 0.25) is 0 Å². The van der Waals surface area contributed by atoms with Crippen LogP contribution in [0.2, 0.25) is 0 Å². The van der Waals surface area contributed by atoms with Crippen LogP contribution in [0.15, 0.2) is 24.3 Å². The van der Waals surface area contributed by atoms with Crippen molar-refractivity contribution in [2.45, 2.75) is 12.3 Å². The lowest BCUT2D eigenvalue weighted by molar-refractivity contribution is 0.625. The SMILES string of the molecule is Cl.Fc1ccc(C2CCNC2)cc1. The molecule has 1 unspecified atom stereocenters. The molecule has 72 valence electrons. The van der Waals surface area contributed by atoms with Crippen molar-refractivity contribution in [3.63, 3.8) is 0 Å². The van der Waals surface area contributed by atoms with E-state index in [9.17, 15) is 4.39 Å². The van der Waals surface area contributed by atoms with Crippen molar-refractivity contribution in [1.82, 2.24) is 5.32 Å². The molecule has 1 aromatic carbocycles. The van der Waals surface area contributed by atoms with Crippen LogP contribution in [0.3, 0.4) is 0 Å². The van der Waals surface area contributed by atoms with Gasteiger partial charge in [0.15, 0.2) is 0 Å². The minimum Gasteiger partial charge on any atom is -0.316 e. The van der Waals surface area contributed by atoms with E-state index in [0.29, 0.717) is 5.92 Å². The molecule has 0 bridgehead atoms. The highest BCUT2D eigenvalue weighted by molar-refractivity contribution is 5.85.